The molecule has 0 unspecified atom stereocenters. The summed E-state index contributed by atoms with van der Waals surface area (Å²) in [5.41, 5.74) is 2.16. The number of unbranched alkanes of at least 4 members (excludes halogenated alkanes) is 11. The molecule has 0 aliphatic heterocycles. The van der Waals surface area contributed by atoms with Crippen LogP contribution >= 0.6 is 17.1 Å². The molecule has 0 radical (unpaired) electrons. The molecule has 2 rings (SSSR count). The molecule has 0 bridgehead atoms. The summed E-state index contributed by atoms with van der Waals surface area (Å²) >= 11 is 7.69. The number of hydrogen-bond donors (Lipinski definition) is 0. The maximum atomic E-state index is 6.21. The topological polar surface area (TPSA) is 52.4 Å². The lowest BCUT2D eigenvalue weighted by atomic mass is 10.1. The van der Waals surface area contributed by atoms with Crippen LogP contribution in [-0.4, -0.2) is 45.5 Å². The van der Waals surface area contributed by atoms with Gasteiger partial charge in [0, 0.05) is 6.54 Å². The molecular weight excluding hydrogens is 543 g/mol. The summed E-state index contributed by atoms with van der Waals surface area (Å²) in [6.45, 7) is 14.0. The molecule has 1 heterocycles. The van der Waals surface area contributed by atoms with Gasteiger partial charge in [0.05, 0.1) is 31.3 Å². The Morgan fingerprint density at radius 3 is 1.97 bits per heavy atom. The van der Waals surface area contributed by atoms with Gasteiger partial charge in [-0.25, -0.2) is 4.68 Å². The number of benzene rings is 1. The first-order valence-electron chi connectivity index (χ1n) is 15.5. The summed E-state index contributed by atoms with van der Waals surface area (Å²) in [6.07, 6.45) is 17.6. The highest BCUT2D eigenvalue weighted by Crippen LogP contribution is 2.61. The molecule has 1 aromatic carbocycles. The molecule has 0 aliphatic rings. The van der Waals surface area contributed by atoms with Crippen molar-refractivity contribution < 1.29 is 9.05 Å². The van der Waals surface area contributed by atoms with Crippen molar-refractivity contribution >= 4 is 39.9 Å². The molecule has 0 N–H and O–H groups in total. The van der Waals surface area contributed by atoms with E-state index in [1.807, 2.05) is 4.68 Å². The minimum atomic E-state index is -2.39. The van der Waals surface area contributed by atoms with Gasteiger partial charge in [0.25, 0.3) is 0 Å². The van der Waals surface area contributed by atoms with Crippen molar-refractivity contribution in [2.75, 3.05) is 25.6 Å². The molecule has 2 aromatic rings. The number of aromatic nitrogens is 3. The van der Waals surface area contributed by atoms with Crippen LogP contribution in [0, 0.1) is 13.8 Å². The summed E-state index contributed by atoms with van der Waals surface area (Å²) in [7, 11) is 0. The van der Waals surface area contributed by atoms with Crippen molar-refractivity contribution in [2.45, 2.75) is 131 Å². The fourth-order valence-electron chi connectivity index (χ4n) is 4.47. The molecule has 0 aliphatic carbocycles. The maximum Gasteiger partial charge on any atom is 0.248 e. The van der Waals surface area contributed by atoms with E-state index in [0.717, 1.165) is 49.1 Å². The molecule has 0 saturated heterocycles. The molecule has 0 fully saturated rings. The second-order valence-electron chi connectivity index (χ2n) is 10.8. The Hall–Kier alpha value is -0.500. The van der Waals surface area contributed by atoms with Crippen molar-refractivity contribution in [1.29, 1.82) is 0 Å². The Balaban J connectivity index is 1.98. The third kappa shape index (κ3) is 13.3. The summed E-state index contributed by atoms with van der Waals surface area (Å²) in [5, 5.41) is 9.05. The number of rotatable bonds is 24. The first-order chi connectivity index (χ1) is 18.9. The van der Waals surface area contributed by atoms with E-state index in [4.69, 9.17) is 20.9 Å². The van der Waals surface area contributed by atoms with E-state index in [-0.39, 0.29) is 0 Å². The number of hydrogen-bond acceptors (Lipinski definition) is 7. The van der Waals surface area contributed by atoms with Gasteiger partial charge in [-0.15, -0.1) is 5.10 Å². The highest BCUT2D eigenvalue weighted by atomic mass is 32.9. The second kappa shape index (κ2) is 20.4. The monoisotopic (exact) mass is 598 g/mol. The van der Waals surface area contributed by atoms with Gasteiger partial charge in [-0.3, -0.25) is 4.90 Å². The molecule has 1 aromatic heterocycles. The highest BCUT2D eigenvalue weighted by Gasteiger charge is 2.22. The van der Waals surface area contributed by atoms with Gasteiger partial charge in [0.2, 0.25) is 5.69 Å². The Morgan fingerprint density at radius 1 is 0.821 bits per heavy atom. The van der Waals surface area contributed by atoms with Gasteiger partial charge in [-0.1, -0.05) is 114 Å². The van der Waals surface area contributed by atoms with E-state index in [1.165, 1.54) is 75.3 Å². The summed E-state index contributed by atoms with van der Waals surface area (Å²) < 4.78 is 14.5. The summed E-state index contributed by atoms with van der Waals surface area (Å²) in [5.74, 6) is 0.777. The largest absolute Gasteiger partial charge is 0.322 e. The molecule has 0 amide bonds. The Bertz CT molecular complexity index is 958. The van der Waals surface area contributed by atoms with Crippen LogP contribution < -0.4 is 0 Å². The van der Waals surface area contributed by atoms with Crippen LogP contribution in [0.5, 0.6) is 0 Å². The summed E-state index contributed by atoms with van der Waals surface area (Å²) in [4.78, 5) is 2.45. The Labute approximate surface area is 248 Å². The first kappa shape index (κ1) is 34.7. The number of nitrogens with zero attached hydrogens (tertiary/aromatic N) is 4. The van der Waals surface area contributed by atoms with Crippen LogP contribution in [0.3, 0.4) is 0 Å². The van der Waals surface area contributed by atoms with Gasteiger partial charge < -0.3 is 9.05 Å². The zero-order chi connectivity index (χ0) is 28.3. The zero-order valence-corrected chi connectivity index (χ0v) is 28.0. The van der Waals surface area contributed by atoms with E-state index in [1.54, 1.807) is 11.4 Å². The first-order valence-corrected chi connectivity index (χ1v) is 19.7. The van der Waals surface area contributed by atoms with Crippen LogP contribution in [0.1, 0.15) is 122 Å². The average Bonchev–Trinajstić information content (AvgIpc) is 3.34. The quantitative estimate of drug-likeness (QED) is 0.0677. The van der Waals surface area contributed by atoms with E-state index in [2.05, 4.69) is 62.0 Å². The van der Waals surface area contributed by atoms with E-state index in [0.29, 0.717) is 19.9 Å². The third-order valence-corrected chi connectivity index (χ3v) is 12.6. The van der Waals surface area contributed by atoms with Crippen LogP contribution in [-0.2, 0) is 27.5 Å². The third-order valence-electron chi connectivity index (χ3n) is 7.27. The fraction of sp³-hybridized carbons (Fsp3) is 0.800. The molecule has 224 valence electrons. The van der Waals surface area contributed by atoms with Crippen molar-refractivity contribution in [3.05, 3.63) is 23.3 Å². The molecular formula is C30H55N4O2PS2. The number of aryl methyl sites for hydroxylation is 2. The lowest BCUT2D eigenvalue weighted by molar-refractivity contribution is 0.237. The predicted molar refractivity (Wildman–Crippen MR) is 174 cm³/mol. The average molecular weight is 599 g/mol. The molecule has 6 nitrogen and oxygen atoms in total. The zero-order valence-electron chi connectivity index (χ0n) is 25.5. The van der Waals surface area contributed by atoms with Gasteiger partial charge in [0.1, 0.15) is 5.52 Å². The fourth-order valence-corrected chi connectivity index (χ4v) is 8.59. The predicted octanol–water partition coefficient (Wildman–Crippen LogP) is 9.78. The van der Waals surface area contributed by atoms with Gasteiger partial charge in [-0.2, -0.15) is 0 Å². The molecule has 9 heteroatoms. The van der Waals surface area contributed by atoms with E-state index in [9.17, 15) is 0 Å². The minimum Gasteiger partial charge on any atom is -0.322 e. The van der Waals surface area contributed by atoms with E-state index < -0.39 is 5.69 Å². The smallest absolute Gasteiger partial charge is 0.248 e. The Kier molecular flexibility index (Phi) is 18.1. The van der Waals surface area contributed by atoms with Gasteiger partial charge in [-0.05, 0) is 62.1 Å². The second-order valence-corrected chi connectivity index (χ2v) is 17.0. The van der Waals surface area contributed by atoms with Crippen LogP contribution in [0.2, 0.25) is 0 Å². The van der Waals surface area contributed by atoms with Crippen LogP contribution in [0.4, 0.5) is 0 Å². The van der Waals surface area contributed by atoms with Crippen molar-refractivity contribution in [3.63, 3.8) is 0 Å². The van der Waals surface area contributed by atoms with Crippen molar-refractivity contribution in [2.24, 2.45) is 0 Å². The normalized spacial score (nSPS) is 12.3. The van der Waals surface area contributed by atoms with Gasteiger partial charge in [0.15, 0.2) is 0 Å². The van der Waals surface area contributed by atoms with E-state index >= 15 is 0 Å². The lowest BCUT2D eigenvalue weighted by Crippen LogP contribution is -2.28. The maximum absolute atomic E-state index is 6.21. The van der Waals surface area contributed by atoms with Crippen LogP contribution in [0.15, 0.2) is 12.1 Å². The molecule has 0 spiro atoms. The molecule has 39 heavy (non-hydrogen) atoms. The summed E-state index contributed by atoms with van der Waals surface area (Å²) in [6, 6.07) is 4.32. The SMILES string of the molecule is CCCCCCCCCCCCN(CSP(=S)(OCCCC)OCCCC)Cn1nnc2c(C)c(C)ccc21. The Morgan fingerprint density at radius 2 is 1.38 bits per heavy atom. The van der Waals surface area contributed by atoms with Gasteiger partial charge >= 0.3 is 0 Å². The highest BCUT2D eigenvalue weighted by molar-refractivity contribution is 8.67. The minimum absolute atomic E-state index is 0.678. The van der Waals surface area contributed by atoms with Crippen LogP contribution in [0.25, 0.3) is 11.0 Å². The molecule has 0 saturated carbocycles. The lowest BCUT2D eigenvalue weighted by Gasteiger charge is -2.27. The molecule has 0 atom stereocenters. The standard InChI is InChI=1S/C30H55N4O2PS2/c1-6-9-12-13-14-15-16-17-18-19-22-33(25-34-29-21-20-27(4)28(5)30(29)31-32-34)26-39-37(38,35-23-10-7-2)36-24-11-8-3/h20-21H,6-19,22-26H2,1-5H3. The number of fused-ring (bicyclic) bond motifs is 1. The van der Waals surface area contributed by atoms with Crippen molar-refractivity contribution in [1.82, 2.24) is 19.9 Å². The van der Waals surface area contributed by atoms with Crippen molar-refractivity contribution in [3.8, 4) is 0 Å².